The molecule has 0 spiro atoms. The zero-order chi connectivity index (χ0) is 15.0. The SMILES string of the molecule is CCc1ccc(C(=O)c2cc3c(cc2Cl)NC(=O)CO3)s1. The fourth-order valence-electron chi connectivity index (χ4n) is 2.10. The molecule has 1 aliphatic rings. The summed E-state index contributed by atoms with van der Waals surface area (Å²) in [6.45, 7) is 1.99. The molecule has 0 atom stereocenters. The van der Waals surface area contributed by atoms with Gasteiger partial charge in [-0.15, -0.1) is 11.3 Å². The van der Waals surface area contributed by atoms with Crippen LogP contribution in [0.3, 0.4) is 0 Å². The van der Waals surface area contributed by atoms with Crippen molar-refractivity contribution in [2.24, 2.45) is 0 Å². The van der Waals surface area contributed by atoms with Crippen LogP contribution in [-0.4, -0.2) is 18.3 Å². The van der Waals surface area contributed by atoms with Gasteiger partial charge in [-0.1, -0.05) is 18.5 Å². The Balaban J connectivity index is 1.98. The van der Waals surface area contributed by atoms with E-state index in [1.807, 2.05) is 19.1 Å². The molecule has 1 aliphatic heterocycles. The van der Waals surface area contributed by atoms with E-state index in [0.717, 1.165) is 11.3 Å². The van der Waals surface area contributed by atoms with Gasteiger partial charge in [-0.25, -0.2) is 0 Å². The molecule has 2 heterocycles. The number of thiophene rings is 1. The molecule has 6 heteroatoms. The maximum atomic E-state index is 12.5. The Labute approximate surface area is 130 Å². The van der Waals surface area contributed by atoms with Gasteiger partial charge >= 0.3 is 0 Å². The third kappa shape index (κ3) is 2.66. The molecule has 21 heavy (non-hydrogen) atoms. The number of carbonyl (C=O) groups is 2. The van der Waals surface area contributed by atoms with Crippen LogP contribution in [0.2, 0.25) is 5.02 Å². The highest BCUT2D eigenvalue weighted by Crippen LogP contribution is 2.35. The average molecular weight is 322 g/mol. The second-order valence-corrected chi connectivity index (χ2v) is 6.19. The van der Waals surface area contributed by atoms with Crippen LogP contribution in [0.5, 0.6) is 5.75 Å². The molecule has 1 amide bonds. The highest BCUT2D eigenvalue weighted by molar-refractivity contribution is 7.14. The first-order chi connectivity index (χ1) is 10.1. The van der Waals surface area contributed by atoms with E-state index in [1.54, 1.807) is 12.1 Å². The number of carbonyl (C=O) groups excluding carboxylic acids is 2. The number of ketones is 1. The van der Waals surface area contributed by atoms with Crippen LogP contribution in [0.1, 0.15) is 27.0 Å². The van der Waals surface area contributed by atoms with Crippen molar-refractivity contribution < 1.29 is 14.3 Å². The molecule has 1 N–H and O–H groups in total. The number of amides is 1. The molecule has 1 aromatic heterocycles. The van der Waals surface area contributed by atoms with Gasteiger partial charge in [0.1, 0.15) is 5.75 Å². The van der Waals surface area contributed by atoms with Gasteiger partial charge in [-0.05, 0) is 30.7 Å². The predicted molar refractivity (Wildman–Crippen MR) is 82.7 cm³/mol. The summed E-state index contributed by atoms with van der Waals surface area (Å²) in [5.74, 6) is 0.103. The van der Waals surface area contributed by atoms with E-state index in [4.69, 9.17) is 16.3 Å². The Morgan fingerprint density at radius 3 is 2.95 bits per heavy atom. The molecule has 0 fully saturated rings. The summed E-state index contributed by atoms with van der Waals surface area (Å²) >= 11 is 7.63. The minimum absolute atomic E-state index is 0.0543. The van der Waals surface area contributed by atoms with Crippen LogP contribution in [0.25, 0.3) is 0 Å². The Hall–Kier alpha value is -1.85. The lowest BCUT2D eigenvalue weighted by molar-refractivity contribution is -0.118. The summed E-state index contributed by atoms with van der Waals surface area (Å²) in [5.41, 5.74) is 0.879. The summed E-state index contributed by atoms with van der Waals surface area (Å²) in [5, 5.41) is 2.96. The van der Waals surface area contributed by atoms with E-state index in [1.165, 1.54) is 11.3 Å². The maximum absolute atomic E-state index is 12.5. The number of aryl methyl sites for hydroxylation is 1. The number of fused-ring (bicyclic) bond motifs is 1. The quantitative estimate of drug-likeness (QED) is 0.880. The Morgan fingerprint density at radius 2 is 2.24 bits per heavy atom. The summed E-state index contributed by atoms with van der Waals surface area (Å²) in [7, 11) is 0. The smallest absolute Gasteiger partial charge is 0.262 e. The Morgan fingerprint density at radius 1 is 1.43 bits per heavy atom. The van der Waals surface area contributed by atoms with E-state index in [-0.39, 0.29) is 18.3 Å². The lowest BCUT2D eigenvalue weighted by Gasteiger charge is -2.19. The molecular weight excluding hydrogens is 310 g/mol. The van der Waals surface area contributed by atoms with Crippen LogP contribution >= 0.6 is 22.9 Å². The third-order valence-corrected chi connectivity index (χ3v) is 4.72. The van der Waals surface area contributed by atoms with Gasteiger partial charge in [-0.2, -0.15) is 0 Å². The minimum atomic E-state index is -0.233. The highest BCUT2D eigenvalue weighted by atomic mass is 35.5. The Bertz CT molecular complexity index is 739. The van der Waals surface area contributed by atoms with Crippen molar-refractivity contribution in [1.29, 1.82) is 0 Å². The number of ether oxygens (including phenoxy) is 1. The van der Waals surface area contributed by atoms with Gasteiger partial charge in [0.05, 0.1) is 15.6 Å². The zero-order valence-electron chi connectivity index (χ0n) is 11.2. The average Bonchev–Trinajstić information content (AvgIpc) is 2.94. The van der Waals surface area contributed by atoms with E-state index in [2.05, 4.69) is 5.32 Å². The standard InChI is InChI=1S/C15H12ClNO3S/c1-2-8-3-4-13(21-8)15(19)9-5-12-11(6-10(9)16)17-14(18)7-20-12/h3-6H,2,7H2,1H3,(H,17,18). The van der Waals surface area contributed by atoms with E-state index in [9.17, 15) is 9.59 Å². The van der Waals surface area contributed by atoms with E-state index in [0.29, 0.717) is 26.9 Å². The number of anilines is 1. The minimum Gasteiger partial charge on any atom is -0.482 e. The topological polar surface area (TPSA) is 55.4 Å². The number of hydrogen-bond acceptors (Lipinski definition) is 4. The molecule has 0 saturated heterocycles. The number of benzene rings is 1. The first kappa shape index (κ1) is 14.1. The second-order valence-electron chi connectivity index (χ2n) is 4.61. The molecule has 1 aromatic carbocycles. The van der Waals surface area contributed by atoms with Gasteiger partial charge < -0.3 is 10.1 Å². The molecule has 0 aliphatic carbocycles. The molecule has 3 rings (SSSR count). The van der Waals surface area contributed by atoms with Crippen molar-refractivity contribution >= 4 is 40.3 Å². The molecule has 0 saturated carbocycles. The van der Waals surface area contributed by atoms with Gasteiger partial charge in [0.15, 0.2) is 6.61 Å². The largest absolute Gasteiger partial charge is 0.482 e. The van der Waals surface area contributed by atoms with Crippen LogP contribution in [0.4, 0.5) is 5.69 Å². The van der Waals surface area contributed by atoms with Crippen molar-refractivity contribution in [3.63, 3.8) is 0 Å². The van der Waals surface area contributed by atoms with Crippen molar-refractivity contribution in [3.05, 3.63) is 44.6 Å². The number of rotatable bonds is 3. The fraction of sp³-hybridized carbons (Fsp3) is 0.200. The first-order valence-corrected chi connectivity index (χ1v) is 7.67. The van der Waals surface area contributed by atoms with Crippen LogP contribution in [-0.2, 0) is 11.2 Å². The molecule has 0 unspecified atom stereocenters. The van der Waals surface area contributed by atoms with Crippen LogP contribution in [0, 0.1) is 0 Å². The molecule has 0 bridgehead atoms. The van der Waals surface area contributed by atoms with Gasteiger partial charge in [0.25, 0.3) is 5.91 Å². The van der Waals surface area contributed by atoms with Gasteiger partial charge in [-0.3, -0.25) is 9.59 Å². The molecule has 2 aromatic rings. The number of halogens is 1. The molecular formula is C15H12ClNO3S. The number of nitrogens with one attached hydrogen (secondary N) is 1. The predicted octanol–water partition coefficient (Wildman–Crippen LogP) is 3.53. The number of hydrogen-bond donors (Lipinski definition) is 1. The molecule has 0 radical (unpaired) electrons. The summed E-state index contributed by atoms with van der Waals surface area (Å²) in [6.07, 6.45) is 0.894. The summed E-state index contributed by atoms with van der Waals surface area (Å²) < 4.78 is 5.32. The first-order valence-electron chi connectivity index (χ1n) is 6.48. The van der Waals surface area contributed by atoms with Crippen LogP contribution < -0.4 is 10.1 Å². The fourth-order valence-corrected chi connectivity index (χ4v) is 3.25. The van der Waals surface area contributed by atoms with Crippen molar-refractivity contribution in [3.8, 4) is 5.75 Å². The van der Waals surface area contributed by atoms with E-state index >= 15 is 0 Å². The Kier molecular flexibility index (Phi) is 3.69. The zero-order valence-corrected chi connectivity index (χ0v) is 12.8. The van der Waals surface area contributed by atoms with Crippen molar-refractivity contribution in [1.82, 2.24) is 0 Å². The van der Waals surface area contributed by atoms with E-state index < -0.39 is 0 Å². The van der Waals surface area contributed by atoms with Gasteiger partial charge in [0, 0.05) is 10.4 Å². The lowest BCUT2D eigenvalue weighted by atomic mass is 10.1. The monoisotopic (exact) mass is 321 g/mol. The molecule has 4 nitrogen and oxygen atoms in total. The van der Waals surface area contributed by atoms with Gasteiger partial charge in [0.2, 0.25) is 5.78 Å². The highest BCUT2D eigenvalue weighted by Gasteiger charge is 2.22. The van der Waals surface area contributed by atoms with Crippen LogP contribution in [0.15, 0.2) is 24.3 Å². The summed E-state index contributed by atoms with van der Waals surface area (Å²) in [4.78, 5) is 25.6. The second kappa shape index (κ2) is 5.50. The molecule has 108 valence electrons. The van der Waals surface area contributed by atoms with Crippen molar-refractivity contribution in [2.75, 3.05) is 11.9 Å². The van der Waals surface area contributed by atoms with Crippen molar-refractivity contribution in [2.45, 2.75) is 13.3 Å². The third-order valence-electron chi connectivity index (χ3n) is 3.18. The normalized spacial score (nSPS) is 13.3. The maximum Gasteiger partial charge on any atom is 0.262 e. The lowest BCUT2D eigenvalue weighted by Crippen LogP contribution is -2.25. The summed E-state index contributed by atoms with van der Waals surface area (Å²) in [6, 6.07) is 6.89.